The number of anilines is 3. The van der Waals surface area contributed by atoms with Crippen molar-refractivity contribution in [3.05, 3.63) is 50.9 Å². The molecule has 0 atom stereocenters. The fourth-order valence-corrected chi connectivity index (χ4v) is 3.23. The van der Waals surface area contributed by atoms with Gasteiger partial charge in [0.05, 0.1) is 35.1 Å². The summed E-state index contributed by atoms with van der Waals surface area (Å²) in [7, 11) is 4.77. The van der Waals surface area contributed by atoms with Crippen LogP contribution in [0.15, 0.2) is 39.6 Å². The van der Waals surface area contributed by atoms with Crippen LogP contribution in [-0.2, 0) is 18.8 Å². The van der Waals surface area contributed by atoms with Crippen LogP contribution in [-0.4, -0.2) is 22.2 Å². The largest absolute Gasteiger partial charge is 0.465 e. The number of hydrogen-bond acceptors (Lipinski definition) is 5. The number of halogens is 1. The molecule has 0 spiro atoms. The van der Waals surface area contributed by atoms with Crippen molar-refractivity contribution in [1.29, 1.82) is 0 Å². The highest BCUT2D eigenvalue weighted by atomic mass is 79.9. The van der Waals surface area contributed by atoms with E-state index >= 15 is 0 Å². The summed E-state index contributed by atoms with van der Waals surface area (Å²) < 4.78 is 8.49. The number of aryl methyl sites for hydroxylation is 2. The zero-order valence-corrected chi connectivity index (χ0v) is 15.5. The Labute approximate surface area is 152 Å². The molecule has 0 unspecified atom stereocenters. The van der Waals surface area contributed by atoms with Crippen molar-refractivity contribution < 1.29 is 9.53 Å². The first-order valence-electron chi connectivity index (χ1n) is 7.43. The summed E-state index contributed by atoms with van der Waals surface area (Å²) in [6.45, 7) is 0. The van der Waals surface area contributed by atoms with Crippen molar-refractivity contribution in [3.63, 3.8) is 0 Å². The molecule has 0 amide bonds. The van der Waals surface area contributed by atoms with Crippen molar-refractivity contribution in [2.45, 2.75) is 0 Å². The molecule has 3 rings (SSSR count). The van der Waals surface area contributed by atoms with Crippen molar-refractivity contribution in [1.82, 2.24) is 9.13 Å². The molecule has 3 aromatic rings. The molecule has 1 heterocycles. The number of nitrogens with zero attached hydrogens (tertiary/aromatic N) is 2. The Kier molecular flexibility index (Phi) is 4.30. The first-order valence-corrected chi connectivity index (χ1v) is 8.22. The van der Waals surface area contributed by atoms with Gasteiger partial charge in [0.2, 0.25) is 0 Å². The van der Waals surface area contributed by atoms with E-state index in [1.807, 2.05) is 18.2 Å². The molecule has 25 heavy (non-hydrogen) atoms. The van der Waals surface area contributed by atoms with Crippen LogP contribution in [0.5, 0.6) is 0 Å². The number of nitrogens with one attached hydrogen (secondary N) is 1. The number of nitrogen functional groups attached to an aromatic ring is 1. The lowest BCUT2D eigenvalue weighted by atomic mass is 10.1. The molecular formula is C17H17BrN4O3. The first-order chi connectivity index (χ1) is 11.8. The van der Waals surface area contributed by atoms with E-state index in [0.29, 0.717) is 21.4 Å². The molecule has 0 saturated heterocycles. The summed E-state index contributed by atoms with van der Waals surface area (Å²) in [6, 6.07) is 8.83. The number of carbonyl (C=O) groups is 1. The Hall–Kier alpha value is -2.74. The van der Waals surface area contributed by atoms with Crippen molar-refractivity contribution >= 4 is 50.0 Å². The number of ether oxygens (including phenoxy) is 1. The number of fused-ring (bicyclic) bond motifs is 1. The molecule has 3 N–H and O–H groups in total. The van der Waals surface area contributed by atoms with Crippen LogP contribution in [0, 0.1) is 0 Å². The molecule has 0 radical (unpaired) electrons. The van der Waals surface area contributed by atoms with Gasteiger partial charge in [0.15, 0.2) is 0 Å². The number of rotatable bonds is 3. The van der Waals surface area contributed by atoms with Crippen molar-refractivity contribution in [3.8, 4) is 0 Å². The number of benzene rings is 2. The Morgan fingerprint density at radius 2 is 1.84 bits per heavy atom. The third-order valence-corrected chi connectivity index (χ3v) is 4.75. The zero-order chi connectivity index (χ0) is 18.3. The van der Waals surface area contributed by atoms with E-state index in [1.165, 1.54) is 7.11 Å². The van der Waals surface area contributed by atoms with Crippen LogP contribution in [0.1, 0.15) is 10.4 Å². The second-order valence-electron chi connectivity index (χ2n) is 5.64. The fraction of sp³-hybridized carbons (Fsp3) is 0.176. The third kappa shape index (κ3) is 2.89. The number of aromatic nitrogens is 2. The quantitative estimate of drug-likeness (QED) is 0.517. The Bertz CT molecular complexity index is 1050. The fourth-order valence-electron chi connectivity index (χ4n) is 2.70. The van der Waals surface area contributed by atoms with E-state index in [0.717, 1.165) is 16.7 Å². The summed E-state index contributed by atoms with van der Waals surface area (Å²) in [5.74, 6) is -0.462. The van der Waals surface area contributed by atoms with E-state index in [9.17, 15) is 9.59 Å². The van der Waals surface area contributed by atoms with Gasteiger partial charge in [0, 0.05) is 24.3 Å². The number of methoxy groups -OCH3 is 1. The number of carbonyl (C=O) groups excluding carboxylic acids is 1. The van der Waals surface area contributed by atoms with Gasteiger partial charge in [-0.2, -0.15) is 0 Å². The smallest absolute Gasteiger partial charge is 0.339 e. The molecule has 7 nitrogen and oxygen atoms in total. The molecule has 2 aromatic carbocycles. The number of esters is 1. The molecule has 0 aliphatic heterocycles. The Morgan fingerprint density at radius 1 is 1.16 bits per heavy atom. The van der Waals surface area contributed by atoms with Crippen molar-refractivity contribution in [2.75, 3.05) is 18.2 Å². The summed E-state index contributed by atoms with van der Waals surface area (Å²) in [6.07, 6.45) is 0. The molecule has 130 valence electrons. The molecular weight excluding hydrogens is 388 g/mol. The monoisotopic (exact) mass is 404 g/mol. The lowest BCUT2D eigenvalue weighted by molar-refractivity contribution is 0.0600. The first kappa shape index (κ1) is 17.1. The van der Waals surface area contributed by atoms with Gasteiger partial charge in [0.1, 0.15) is 0 Å². The maximum Gasteiger partial charge on any atom is 0.339 e. The second kappa shape index (κ2) is 6.29. The predicted octanol–water partition coefficient (Wildman–Crippen LogP) is 2.75. The minimum Gasteiger partial charge on any atom is -0.465 e. The van der Waals surface area contributed by atoms with Gasteiger partial charge >= 0.3 is 11.7 Å². The molecule has 0 fully saturated rings. The van der Waals surface area contributed by atoms with Crippen molar-refractivity contribution in [2.24, 2.45) is 14.1 Å². The van der Waals surface area contributed by atoms with Gasteiger partial charge in [-0.1, -0.05) is 0 Å². The highest BCUT2D eigenvalue weighted by Gasteiger charge is 2.14. The normalized spacial score (nSPS) is 10.9. The van der Waals surface area contributed by atoms with E-state index in [2.05, 4.69) is 21.2 Å². The average Bonchev–Trinajstić information content (AvgIpc) is 2.81. The minimum atomic E-state index is -0.462. The topological polar surface area (TPSA) is 91.3 Å². The SMILES string of the molecule is COC(=O)c1cc(Nc2ccc3c(c2)n(C)c(=O)n3C)c(N)cc1Br. The summed E-state index contributed by atoms with van der Waals surface area (Å²) in [5, 5.41) is 3.19. The molecule has 0 bridgehead atoms. The van der Waals surface area contributed by atoms with E-state index in [4.69, 9.17) is 10.5 Å². The molecule has 8 heteroatoms. The maximum atomic E-state index is 12.0. The number of hydrogen-bond donors (Lipinski definition) is 2. The molecule has 0 aliphatic rings. The van der Waals surface area contributed by atoms with Gasteiger partial charge in [-0.3, -0.25) is 9.13 Å². The Morgan fingerprint density at radius 3 is 2.52 bits per heavy atom. The third-order valence-electron chi connectivity index (χ3n) is 4.10. The predicted molar refractivity (Wildman–Crippen MR) is 101 cm³/mol. The van der Waals surface area contributed by atoms with Gasteiger partial charge < -0.3 is 15.8 Å². The average molecular weight is 405 g/mol. The van der Waals surface area contributed by atoms with Crippen LogP contribution < -0.4 is 16.7 Å². The van der Waals surface area contributed by atoms with E-state index < -0.39 is 5.97 Å². The lowest BCUT2D eigenvalue weighted by Gasteiger charge is -2.12. The van der Waals surface area contributed by atoms with Crippen LogP contribution >= 0.6 is 15.9 Å². The zero-order valence-electron chi connectivity index (χ0n) is 14.0. The van der Waals surface area contributed by atoms with Gasteiger partial charge in [0.25, 0.3) is 0 Å². The summed E-state index contributed by atoms with van der Waals surface area (Å²) in [5.41, 5.74) is 9.74. The highest BCUT2D eigenvalue weighted by molar-refractivity contribution is 9.10. The van der Waals surface area contributed by atoms with E-state index in [-0.39, 0.29) is 5.69 Å². The van der Waals surface area contributed by atoms with Gasteiger partial charge in [-0.15, -0.1) is 0 Å². The molecule has 1 aromatic heterocycles. The maximum absolute atomic E-state index is 12.0. The second-order valence-corrected chi connectivity index (χ2v) is 6.49. The molecule has 0 saturated carbocycles. The van der Waals surface area contributed by atoms with Gasteiger partial charge in [-0.05, 0) is 46.3 Å². The summed E-state index contributed by atoms with van der Waals surface area (Å²) in [4.78, 5) is 23.9. The minimum absolute atomic E-state index is 0.0942. The van der Waals surface area contributed by atoms with Crippen LogP contribution in [0.2, 0.25) is 0 Å². The van der Waals surface area contributed by atoms with Crippen LogP contribution in [0.25, 0.3) is 11.0 Å². The van der Waals surface area contributed by atoms with Gasteiger partial charge in [-0.25, -0.2) is 9.59 Å². The van der Waals surface area contributed by atoms with Crippen LogP contribution in [0.4, 0.5) is 17.1 Å². The summed E-state index contributed by atoms with van der Waals surface area (Å²) >= 11 is 3.31. The molecule has 0 aliphatic carbocycles. The van der Waals surface area contributed by atoms with E-state index in [1.54, 1.807) is 35.4 Å². The van der Waals surface area contributed by atoms with Crippen LogP contribution in [0.3, 0.4) is 0 Å². The Balaban J connectivity index is 2.05. The standard InChI is InChI=1S/C17H17BrN4O3/c1-21-14-5-4-9(6-15(14)22(2)17(21)24)20-13-7-10(16(23)25-3)11(18)8-12(13)19/h4-8,20H,19H2,1-3H3. The number of nitrogens with two attached hydrogens (primary N) is 1. The lowest BCUT2D eigenvalue weighted by Crippen LogP contribution is -2.19. The number of imidazole rings is 1. The highest BCUT2D eigenvalue weighted by Crippen LogP contribution is 2.31.